The number of rotatable bonds is 4. The number of hydrogen-bond acceptors (Lipinski definition) is 5. The van der Waals surface area contributed by atoms with Gasteiger partial charge in [0.2, 0.25) is 9.73 Å². The molecule has 1 fully saturated rings. The summed E-state index contributed by atoms with van der Waals surface area (Å²) in [4.78, 5) is 15.6. The van der Waals surface area contributed by atoms with Gasteiger partial charge in [-0.15, -0.1) is 5.10 Å². The number of carbonyl (C=O) groups is 1. The molecule has 0 atom stereocenters. The lowest BCUT2D eigenvalue weighted by molar-refractivity contribution is 0.0896. The number of fused-ring (bicyclic) bond motifs is 3. The number of amides is 1. The van der Waals surface area contributed by atoms with E-state index < -0.39 is 0 Å². The third-order valence-corrected chi connectivity index (χ3v) is 6.82. The van der Waals surface area contributed by atoms with Crippen LogP contribution in [0, 0.1) is 4.77 Å². The summed E-state index contributed by atoms with van der Waals surface area (Å²) in [5.74, 6) is 0.00693. The molecule has 0 radical (unpaired) electrons. The molecule has 0 saturated carbocycles. The molecular weight excluding hydrogens is 402 g/mol. The Labute approximate surface area is 177 Å². The van der Waals surface area contributed by atoms with Gasteiger partial charge in [-0.1, -0.05) is 41.7 Å². The van der Waals surface area contributed by atoms with E-state index in [1.54, 1.807) is 11.3 Å². The van der Waals surface area contributed by atoms with Gasteiger partial charge in [-0.2, -0.15) is 0 Å². The molecule has 2 aromatic carbocycles. The second-order valence-corrected chi connectivity index (χ2v) is 8.72. The minimum atomic E-state index is 0.00693. The van der Waals surface area contributed by atoms with Crippen LogP contribution in [0.15, 0.2) is 54.6 Å². The highest BCUT2D eigenvalue weighted by Crippen LogP contribution is 2.26. The summed E-state index contributed by atoms with van der Waals surface area (Å²) in [5, 5.41) is 7.89. The number of para-hydroxylation sites is 1. The highest BCUT2D eigenvalue weighted by molar-refractivity contribution is 7.71. The molecular formula is C21H21N5OS2. The Kier molecular flexibility index (Phi) is 4.91. The van der Waals surface area contributed by atoms with Crippen molar-refractivity contribution < 1.29 is 4.79 Å². The van der Waals surface area contributed by atoms with Crippen molar-refractivity contribution in [3.05, 3.63) is 64.9 Å². The van der Waals surface area contributed by atoms with Crippen LogP contribution in [0.2, 0.25) is 0 Å². The molecule has 148 valence electrons. The monoisotopic (exact) mass is 423 g/mol. The van der Waals surface area contributed by atoms with Crippen molar-refractivity contribution in [3.63, 3.8) is 0 Å². The van der Waals surface area contributed by atoms with Gasteiger partial charge in [-0.3, -0.25) is 14.1 Å². The lowest BCUT2D eigenvalue weighted by atomic mass is 10.0. The van der Waals surface area contributed by atoms with E-state index in [0.29, 0.717) is 12.2 Å². The number of carbonyl (C=O) groups excluding carboxylic acids is 1. The zero-order valence-electron chi connectivity index (χ0n) is 15.8. The number of benzene rings is 2. The van der Waals surface area contributed by atoms with E-state index >= 15 is 0 Å². The van der Waals surface area contributed by atoms with Gasteiger partial charge in [0.25, 0.3) is 5.91 Å². The lowest BCUT2D eigenvalue weighted by Gasteiger charge is -2.32. The van der Waals surface area contributed by atoms with Crippen LogP contribution in [0.1, 0.15) is 23.2 Å². The molecule has 1 saturated heterocycles. The van der Waals surface area contributed by atoms with Crippen molar-refractivity contribution >= 4 is 44.6 Å². The third-order valence-electron chi connectivity index (χ3n) is 5.41. The van der Waals surface area contributed by atoms with E-state index in [2.05, 4.69) is 26.8 Å². The van der Waals surface area contributed by atoms with E-state index in [9.17, 15) is 4.79 Å². The quantitative estimate of drug-likeness (QED) is 0.505. The number of nitrogens with zero attached hydrogens (tertiary/aromatic N) is 4. The Hall–Kier alpha value is -2.55. The fourth-order valence-corrected chi connectivity index (χ4v) is 5.21. The van der Waals surface area contributed by atoms with E-state index in [1.807, 2.05) is 47.1 Å². The van der Waals surface area contributed by atoms with Gasteiger partial charge in [0.15, 0.2) is 0 Å². The molecule has 8 heteroatoms. The Balaban J connectivity index is 1.23. The summed E-state index contributed by atoms with van der Waals surface area (Å²) in [7, 11) is 0. The Morgan fingerprint density at radius 3 is 2.62 bits per heavy atom. The molecule has 0 bridgehead atoms. The zero-order chi connectivity index (χ0) is 19.8. The average molecular weight is 424 g/mol. The number of hydrogen-bond donors (Lipinski definition) is 1. The van der Waals surface area contributed by atoms with Crippen LogP contribution in [0.4, 0.5) is 0 Å². The number of likely N-dealkylation sites (tertiary alicyclic amines) is 1. The highest BCUT2D eigenvalue weighted by Gasteiger charge is 2.22. The van der Waals surface area contributed by atoms with E-state index in [-0.39, 0.29) is 11.9 Å². The molecule has 5 rings (SSSR count). The first-order chi connectivity index (χ1) is 14.2. The molecule has 6 nitrogen and oxygen atoms in total. The fourth-order valence-electron chi connectivity index (χ4n) is 3.85. The first-order valence-corrected chi connectivity index (χ1v) is 11.0. The molecule has 4 aromatic rings. The molecule has 1 aliphatic heterocycles. The van der Waals surface area contributed by atoms with Crippen LogP contribution in [-0.2, 0) is 6.67 Å². The van der Waals surface area contributed by atoms with Crippen molar-refractivity contribution in [2.24, 2.45) is 0 Å². The summed E-state index contributed by atoms with van der Waals surface area (Å²) < 4.78 is 5.90. The van der Waals surface area contributed by atoms with Gasteiger partial charge < -0.3 is 5.32 Å². The van der Waals surface area contributed by atoms with Crippen LogP contribution in [0.3, 0.4) is 0 Å². The average Bonchev–Trinajstić information content (AvgIpc) is 3.26. The summed E-state index contributed by atoms with van der Waals surface area (Å²) >= 11 is 7.36. The molecule has 2 aromatic heterocycles. The summed E-state index contributed by atoms with van der Waals surface area (Å²) in [5.41, 5.74) is 1.83. The first kappa shape index (κ1) is 18.5. The maximum absolute atomic E-state index is 12.4. The molecule has 0 spiro atoms. The van der Waals surface area contributed by atoms with Crippen molar-refractivity contribution in [1.29, 1.82) is 0 Å². The predicted molar refractivity (Wildman–Crippen MR) is 118 cm³/mol. The Morgan fingerprint density at radius 1 is 1.10 bits per heavy atom. The van der Waals surface area contributed by atoms with Crippen LogP contribution in [-0.4, -0.2) is 44.1 Å². The molecule has 1 aliphatic rings. The van der Waals surface area contributed by atoms with Crippen LogP contribution in [0.25, 0.3) is 15.2 Å². The summed E-state index contributed by atoms with van der Waals surface area (Å²) in [6.45, 7) is 2.50. The maximum Gasteiger partial charge on any atom is 0.251 e. The highest BCUT2D eigenvalue weighted by atomic mass is 32.1. The fraction of sp³-hybridized carbons (Fsp3) is 0.286. The van der Waals surface area contributed by atoms with Gasteiger partial charge in [0, 0.05) is 24.7 Å². The van der Waals surface area contributed by atoms with Gasteiger partial charge in [-0.25, -0.2) is 4.68 Å². The number of thiazole rings is 1. The number of nitrogens with one attached hydrogen (secondary N) is 1. The minimum Gasteiger partial charge on any atom is -0.349 e. The number of aromatic nitrogens is 3. The predicted octanol–water partition coefficient (Wildman–Crippen LogP) is 3.93. The third kappa shape index (κ3) is 3.59. The van der Waals surface area contributed by atoms with E-state index in [0.717, 1.165) is 41.2 Å². The maximum atomic E-state index is 12.4. The first-order valence-electron chi connectivity index (χ1n) is 9.74. The van der Waals surface area contributed by atoms with E-state index in [4.69, 9.17) is 17.3 Å². The standard InChI is InChI=1S/C21H21N5OS2/c27-19(15-6-2-1-3-7-15)22-16-10-12-24(13-11-16)14-25-21(28)26-17-8-4-5-9-18(17)29-20(26)23-25/h1-9,16H,10-14H2,(H,22,27). The molecule has 0 unspecified atom stereocenters. The van der Waals surface area contributed by atoms with Gasteiger partial charge >= 0.3 is 0 Å². The molecule has 1 amide bonds. The molecule has 1 N–H and O–H groups in total. The zero-order valence-corrected chi connectivity index (χ0v) is 17.5. The Morgan fingerprint density at radius 2 is 1.83 bits per heavy atom. The molecule has 3 heterocycles. The van der Waals surface area contributed by atoms with Crippen molar-refractivity contribution in [1.82, 2.24) is 24.4 Å². The minimum absolute atomic E-state index is 0.00693. The van der Waals surface area contributed by atoms with E-state index in [1.165, 1.54) is 4.70 Å². The second kappa shape index (κ2) is 7.70. The SMILES string of the molecule is O=C(NC1CCN(Cn2nc3sc4ccccc4n3c2=S)CC1)c1ccccc1. The molecule has 0 aliphatic carbocycles. The van der Waals surface area contributed by atoms with Crippen molar-refractivity contribution in [2.45, 2.75) is 25.6 Å². The van der Waals surface area contributed by atoms with Crippen LogP contribution >= 0.6 is 23.6 Å². The summed E-state index contributed by atoms with van der Waals surface area (Å²) in [6, 6.07) is 17.9. The Bertz CT molecular complexity index is 1220. The second-order valence-electron chi connectivity index (χ2n) is 7.34. The van der Waals surface area contributed by atoms with Gasteiger partial charge in [0.1, 0.15) is 0 Å². The summed E-state index contributed by atoms with van der Waals surface area (Å²) in [6.07, 6.45) is 1.86. The largest absolute Gasteiger partial charge is 0.349 e. The van der Waals surface area contributed by atoms with Crippen LogP contribution in [0.5, 0.6) is 0 Å². The van der Waals surface area contributed by atoms with Gasteiger partial charge in [-0.05, 0) is 49.3 Å². The van der Waals surface area contributed by atoms with Crippen molar-refractivity contribution in [2.75, 3.05) is 13.1 Å². The molecule has 29 heavy (non-hydrogen) atoms. The normalized spacial score (nSPS) is 15.9. The topological polar surface area (TPSA) is 54.6 Å². The van der Waals surface area contributed by atoms with Crippen molar-refractivity contribution in [3.8, 4) is 0 Å². The smallest absolute Gasteiger partial charge is 0.251 e. The lowest BCUT2D eigenvalue weighted by Crippen LogP contribution is -2.45. The number of piperidine rings is 1. The van der Waals surface area contributed by atoms with Crippen LogP contribution < -0.4 is 5.32 Å². The van der Waals surface area contributed by atoms with Gasteiger partial charge in [0.05, 0.1) is 16.9 Å².